The lowest BCUT2D eigenvalue weighted by atomic mass is 9.80. The van der Waals surface area contributed by atoms with Crippen LogP contribution in [-0.2, 0) is 11.2 Å². The molecule has 0 spiro atoms. The summed E-state index contributed by atoms with van der Waals surface area (Å²) in [6.45, 7) is 3.30. The molecule has 1 aromatic heterocycles. The van der Waals surface area contributed by atoms with Crippen molar-refractivity contribution < 1.29 is 14.3 Å². The number of allylic oxidation sites excluding steroid dienone is 1. The van der Waals surface area contributed by atoms with E-state index in [0.717, 1.165) is 51.9 Å². The van der Waals surface area contributed by atoms with Gasteiger partial charge in [0, 0.05) is 18.5 Å². The van der Waals surface area contributed by atoms with Crippen LogP contribution in [0.4, 0.5) is 0 Å². The highest BCUT2D eigenvalue weighted by Gasteiger charge is 2.31. The second-order valence-corrected chi connectivity index (χ2v) is 8.86. The maximum atomic E-state index is 13.8. The van der Waals surface area contributed by atoms with Crippen LogP contribution in [0.25, 0.3) is 22.6 Å². The quantitative estimate of drug-likeness (QED) is 0.668. The van der Waals surface area contributed by atoms with E-state index >= 15 is 0 Å². The first-order valence-electron chi connectivity index (χ1n) is 11.4. The Balaban J connectivity index is 1.67. The fourth-order valence-corrected chi connectivity index (χ4v) is 4.85. The van der Waals surface area contributed by atoms with Gasteiger partial charge in [-0.3, -0.25) is 9.59 Å². The lowest BCUT2D eigenvalue weighted by Crippen LogP contribution is -2.50. The van der Waals surface area contributed by atoms with Crippen LogP contribution < -0.4 is 10.1 Å². The second kappa shape index (κ2) is 8.70. The third kappa shape index (κ3) is 4.09. The number of rotatable bonds is 3. The molecule has 2 aromatic carbocycles. The predicted octanol–water partition coefficient (Wildman–Crippen LogP) is 3.94. The van der Waals surface area contributed by atoms with E-state index in [1.807, 2.05) is 48.5 Å². The van der Waals surface area contributed by atoms with Crippen LogP contribution in [0.3, 0.4) is 0 Å². The number of hydrogen-bond donors (Lipinski definition) is 1. The number of para-hydroxylation sites is 1. The number of amides is 2. The van der Waals surface area contributed by atoms with Gasteiger partial charge in [-0.25, -0.2) is 4.98 Å². The SMILES string of the molecule is COc1ccc(/C=C2/CC(C)Cc3c2nc2ccccc2c3C(=O)N2CCNC(=O)C2)cc1. The number of nitrogens with zero attached hydrogens (tertiary/aromatic N) is 2. The van der Waals surface area contributed by atoms with E-state index < -0.39 is 0 Å². The molecule has 1 saturated heterocycles. The fourth-order valence-electron chi connectivity index (χ4n) is 4.85. The molecule has 1 atom stereocenters. The third-order valence-corrected chi connectivity index (χ3v) is 6.41. The molecule has 1 unspecified atom stereocenters. The molecular weight excluding hydrogens is 414 g/mol. The average Bonchev–Trinajstić information content (AvgIpc) is 2.83. The maximum absolute atomic E-state index is 13.8. The summed E-state index contributed by atoms with van der Waals surface area (Å²) >= 11 is 0. The Hall–Kier alpha value is -3.67. The van der Waals surface area contributed by atoms with Crippen LogP contribution in [0.1, 0.15) is 40.5 Å². The fraction of sp³-hybridized carbons (Fsp3) is 0.296. The van der Waals surface area contributed by atoms with Crippen molar-refractivity contribution in [2.24, 2.45) is 5.92 Å². The molecule has 2 amide bonds. The Labute approximate surface area is 193 Å². The molecular formula is C27H27N3O3. The van der Waals surface area contributed by atoms with Crippen LogP contribution in [-0.4, -0.2) is 48.4 Å². The normalized spacial score (nSPS) is 19.3. The van der Waals surface area contributed by atoms with Gasteiger partial charge in [0.05, 0.1) is 30.4 Å². The van der Waals surface area contributed by atoms with Crippen LogP contribution in [0.2, 0.25) is 0 Å². The van der Waals surface area contributed by atoms with Gasteiger partial charge in [-0.2, -0.15) is 0 Å². The summed E-state index contributed by atoms with van der Waals surface area (Å²) in [5.74, 6) is 0.992. The number of carbonyl (C=O) groups is 2. The zero-order chi connectivity index (χ0) is 22.9. The first-order chi connectivity index (χ1) is 16.0. The second-order valence-electron chi connectivity index (χ2n) is 8.86. The number of nitrogens with one attached hydrogen (secondary N) is 1. The van der Waals surface area contributed by atoms with Crippen LogP contribution in [0.5, 0.6) is 5.75 Å². The summed E-state index contributed by atoms with van der Waals surface area (Å²) in [6.07, 6.45) is 3.84. The summed E-state index contributed by atoms with van der Waals surface area (Å²) in [7, 11) is 1.66. The number of benzene rings is 2. The highest BCUT2D eigenvalue weighted by atomic mass is 16.5. The predicted molar refractivity (Wildman–Crippen MR) is 129 cm³/mol. The van der Waals surface area contributed by atoms with E-state index in [9.17, 15) is 9.59 Å². The van der Waals surface area contributed by atoms with Crippen molar-refractivity contribution in [3.8, 4) is 5.75 Å². The van der Waals surface area contributed by atoms with Crippen LogP contribution >= 0.6 is 0 Å². The number of piperazine rings is 1. The van der Waals surface area contributed by atoms with E-state index in [0.29, 0.717) is 24.6 Å². The Morgan fingerprint density at radius 2 is 1.94 bits per heavy atom. The Kier molecular flexibility index (Phi) is 5.58. The van der Waals surface area contributed by atoms with Gasteiger partial charge >= 0.3 is 0 Å². The molecule has 0 saturated carbocycles. The number of fused-ring (bicyclic) bond motifs is 2. The minimum absolute atomic E-state index is 0.0856. The van der Waals surface area contributed by atoms with Gasteiger partial charge in [0.15, 0.2) is 0 Å². The molecule has 3 aromatic rings. The lowest BCUT2D eigenvalue weighted by molar-refractivity contribution is -0.123. The standard InChI is InChI=1S/C27H27N3O3/c1-17-13-19(15-18-7-9-20(33-2)10-8-18)26-22(14-17)25(21-5-3-4-6-23(21)29-26)27(32)30-12-11-28-24(31)16-30/h3-10,15,17H,11-14,16H2,1-2H3,(H,28,31)/b19-15-. The van der Waals surface area contributed by atoms with Crippen LogP contribution in [0.15, 0.2) is 48.5 Å². The molecule has 1 N–H and O–H groups in total. The van der Waals surface area contributed by atoms with Crippen molar-refractivity contribution in [3.63, 3.8) is 0 Å². The van der Waals surface area contributed by atoms with E-state index in [4.69, 9.17) is 9.72 Å². The van der Waals surface area contributed by atoms with Gasteiger partial charge in [0.2, 0.25) is 5.91 Å². The molecule has 168 valence electrons. The first-order valence-corrected chi connectivity index (χ1v) is 11.4. The molecule has 6 heteroatoms. The number of pyridine rings is 1. The average molecular weight is 442 g/mol. The van der Waals surface area contributed by atoms with Crippen molar-refractivity contribution in [2.45, 2.75) is 19.8 Å². The smallest absolute Gasteiger partial charge is 0.255 e. The number of aromatic nitrogens is 1. The molecule has 0 bridgehead atoms. The van der Waals surface area contributed by atoms with Crippen molar-refractivity contribution >= 4 is 34.4 Å². The maximum Gasteiger partial charge on any atom is 0.255 e. The largest absolute Gasteiger partial charge is 0.497 e. The molecule has 1 fully saturated rings. The molecule has 1 aliphatic heterocycles. The number of hydrogen-bond acceptors (Lipinski definition) is 4. The minimum atomic E-state index is -0.115. The topological polar surface area (TPSA) is 71.5 Å². The monoisotopic (exact) mass is 441 g/mol. The Bertz CT molecular complexity index is 1260. The molecule has 1 aliphatic carbocycles. The van der Waals surface area contributed by atoms with Gasteiger partial charge in [0.1, 0.15) is 5.75 Å². The summed E-state index contributed by atoms with van der Waals surface area (Å²) in [5, 5.41) is 3.66. The van der Waals surface area contributed by atoms with Gasteiger partial charge < -0.3 is 15.0 Å². The number of ether oxygens (including phenoxy) is 1. The zero-order valence-corrected chi connectivity index (χ0v) is 18.9. The summed E-state index contributed by atoms with van der Waals surface area (Å²) < 4.78 is 5.28. The van der Waals surface area contributed by atoms with E-state index in [2.05, 4.69) is 18.3 Å². The van der Waals surface area contributed by atoms with Gasteiger partial charge in [-0.05, 0) is 59.7 Å². The van der Waals surface area contributed by atoms with E-state index in [1.165, 1.54) is 0 Å². The summed E-state index contributed by atoms with van der Waals surface area (Å²) in [4.78, 5) is 32.4. The lowest BCUT2D eigenvalue weighted by Gasteiger charge is -2.31. The Morgan fingerprint density at radius 3 is 2.70 bits per heavy atom. The minimum Gasteiger partial charge on any atom is -0.497 e. The number of methoxy groups -OCH3 is 1. The van der Waals surface area contributed by atoms with Crippen LogP contribution in [0, 0.1) is 5.92 Å². The highest BCUT2D eigenvalue weighted by molar-refractivity contribution is 6.10. The highest BCUT2D eigenvalue weighted by Crippen LogP contribution is 2.39. The molecule has 33 heavy (non-hydrogen) atoms. The van der Waals surface area contributed by atoms with Gasteiger partial charge in [0.25, 0.3) is 5.91 Å². The van der Waals surface area contributed by atoms with Gasteiger partial charge in [-0.15, -0.1) is 0 Å². The van der Waals surface area contributed by atoms with Crippen molar-refractivity contribution in [2.75, 3.05) is 26.7 Å². The zero-order valence-electron chi connectivity index (χ0n) is 18.9. The molecule has 2 aliphatic rings. The van der Waals surface area contributed by atoms with Gasteiger partial charge in [-0.1, -0.05) is 37.3 Å². The summed E-state index contributed by atoms with van der Waals surface area (Å²) in [6, 6.07) is 15.8. The first kappa shape index (κ1) is 21.2. The van der Waals surface area contributed by atoms with Crippen molar-refractivity contribution in [1.29, 1.82) is 0 Å². The molecule has 0 radical (unpaired) electrons. The third-order valence-electron chi connectivity index (χ3n) is 6.41. The molecule has 6 nitrogen and oxygen atoms in total. The Morgan fingerprint density at radius 1 is 1.15 bits per heavy atom. The van der Waals surface area contributed by atoms with E-state index in [1.54, 1.807) is 12.0 Å². The van der Waals surface area contributed by atoms with Crippen molar-refractivity contribution in [3.05, 3.63) is 70.9 Å². The van der Waals surface area contributed by atoms with E-state index in [-0.39, 0.29) is 18.4 Å². The molecule has 5 rings (SSSR count). The molecule has 2 heterocycles. The van der Waals surface area contributed by atoms with Crippen molar-refractivity contribution in [1.82, 2.24) is 15.2 Å². The summed E-state index contributed by atoms with van der Waals surface area (Å²) in [5.41, 5.74) is 5.58. The number of carbonyl (C=O) groups excluding carboxylic acids is 2.